The molecule has 180 valence electrons. The molecule has 2 aromatic rings. The van der Waals surface area contributed by atoms with Gasteiger partial charge in [0.2, 0.25) is 0 Å². The van der Waals surface area contributed by atoms with Gasteiger partial charge in [0.15, 0.2) is 6.61 Å². The topological polar surface area (TPSA) is 92.8 Å². The minimum absolute atomic E-state index is 0.180. The maximum Gasteiger partial charge on any atom is 0.329 e. The zero-order chi connectivity index (χ0) is 25.3. The van der Waals surface area contributed by atoms with Crippen molar-refractivity contribution in [2.24, 2.45) is 0 Å². The molecule has 11 heteroatoms. The molecule has 0 aliphatic carbocycles. The second-order valence-corrected chi connectivity index (χ2v) is 8.99. The normalized spacial score (nSPS) is 13.7. The lowest BCUT2D eigenvalue weighted by molar-refractivity contribution is -0.150. The molecule has 0 fully saturated rings. The molecule has 1 aliphatic heterocycles. The number of para-hydroxylation sites is 1. The Morgan fingerprint density at radius 3 is 1.82 bits per heavy atom. The first-order valence-corrected chi connectivity index (χ1v) is 11.9. The van der Waals surface area contributed by atoms with Gasteiger partial charge in [0.05, 0.1) is 31.2 Å². The van der Waals surface area contributed by atoms with Crippen LogP contribution in [0.3, 0.4) is 0 Å². The van der Waals surface area contributed by atoms with E-state index in [2.05, 4.69) is 5.32 Å². The SMILES string of the molecule is CCc1cccc(CC)c1NC(=O)COC(=O)C(C)N1C(=O)c2c(Cl)c(Cl)c(Cl)c(Cl)c2C1=O. The largest absolute Gasteiger partial charge is 0.454 e. The van der Waals surface area contributed by atoms with E-state index >= 15 is 0 Å². The van der Waals surface area contributed by atoms with Crippen LogP contribution in [-0.2, 0) is 27.2 Å². The number of ether oxygens (including phenoxy) is 1. The Balaban J connectivity index is 1.73. The number of amides is 3. The first-order chi connectivity index (χ1) is 16.0. The van der Waals surface area contributed by atoms with Gasteiger partial charge in [0.1, 0.15) is 6.04 Å². The number of benzene rings is 2. The summed E-state index contributed by atoms with van der Waals surface area (Å²) in [7, 11) is 0. The molecule has 3 rings (SSSR count). The molecular formula is C23H20Cl4N2O5. The molecule has 1 unspecified atom stereocenters. The van der Waals surface area contributed by atoms with Gasteiger partial charge in [-0.1, -0.05) is 78.5 Å². The predicted molar refractivity (Wildman–Crippen MR) is 131 cm³/mol. The zero-order valence-electron chi connectivity index (χ0n) is 18.4. The molecule has 1 atom stereocenters. The third kappa shape index (κ3) is 4.62. The number of rotatable bonds is 7. The molecule has 0 saturated carbocycles. The summed E-state index contributed by atoms with van der Waals surface area (Å²) >= 11 is 24.2. The number of nitrogens with one attached hydrogen (secondary N) is 1. The fraction of sp³-hybridized carbons (Fsp3) is 0.304. The first kappa shape index (κ1) is 26.3. The van der Waals surface area contributed by atoms with Crippen molar-refractivity contribution >= 4 is 75.8 Å². The van der Waals surface area contributed by atoms with Crippen molar-refractivity contribution in [3.8, 4) is 0 Å². The van der Waals surface area contributed by atoms with Gasteiger partial charge in [0.25, 0.3) is 17.7 Å². The number of esters is 1. The standard InChI is InChI=1S/C23H20Cl4N2O5/c1-4-11-7-6-8-12(5-2)20(11)28-13(30)9-34-23(33)10(3)29-21(31)14-15(22(29)32)17(25)19(27)18(26)16(14)24/h6-8,10H,4-5,9H2,1-3H3,(H,28,30). The van der Waals surface area contributed by atoms with Gasteiger partial charge in [-0.2, -0.15) is 0 Å². The quantitative estimate of drug-likeness (QED) is 0.212. The van der Waals surface area contributed by atoms with E-state index in [0.29, 0.717) is 23.4 Å². The summed E-state index contributed by atoms with van der Waals surface area (Å²) in [6.07, 6.45) is 1.42. The third-order valence-corrected chi connectivity index (χ3v) is 7.27. The highest BCUT2D eigenvalue weighted by molar-refractivity contribution is 6.55. The number of fused-ring (bicyclic) bond motifs is 1. The molecule has 1 heterocycles. The Labute approximate surface area is 216 Å². The van der Waals surface area contributed by atoms with Crippen LogP contribution in [0.25, 0.3) is 0 Å². The minimum Gasteiger partial charge on any atom is -0.454 e. The van der Waals surface area contributed by atoms with Crippen LogP contribution in [0.4, 0.5) is 5.69 Å². The minimum atomic E-state index is -1.36. The van der Waals surface area contributed by atoms with Crippen LogP contribution in [-0.4, -0.2) is 41.2 Å². The fourth-order valence-corrected chi connectivity index (χ4v) is 4.67. The number of carbonyl (C=O) groups excluding carboxylic acids is 4. The van der Waals surface area contributed by atoms with Crippen LogP contribution in [0, 0.1) is 0 Å². The average molecular weight is 546 g/mol. The number of anilines is 1. The van der Waals surface area contributed by atoms with E-state index in [0.717, 1.165) is 11.1 Å². The van der Waals surface area contributed by atoms with Gasteiger partial charge in [-0.05, 0) is 30.9 Å². The Kier molecular flexibility index (Phi) is 8.14. The van der Waals surface area contributed by atoms with Gasteiger partial charge in [0, 0.05) is 5.69 Å². The molecule has 7 nitrogen and oxygen atoms in total. The smallest absolute Gasteiger partial charge is 0.329 e. The molecular weight excluding hydrogens is 526 g/mol. The maximum absolute atomic E-state index is 12.9. The number of hydrogen-bond acceptors (Lipinski definition) is 5. The van der Waals surface area contributed by atoms with E-state index in [1.165, 1.54) is 6.92 Å². The van der Waals surface area contributed by atoms with Crippen LogP contribution in [0.5, 0.6) is 0 Å². The second-order valence-electron chi connectivity index (χ2n) is 7.48. The Hall–Kier alpha value is -2.32. The number of hydrogen-bond donors (Lipinski definition) is 1. The highest BCUT2D eigenvalue weighted by atomic mass is 35.5. The summed E-state index contributed by atoms with van der Waals surface area (Å²) in [5.41, 5.74) is 2.09. The van der Waals surface area contributed by atoms with Gasteiger partial charge in [-0.15, -0.1) is 0 Å². The molecule has 0 saturated heterocycles. The van der Waals surface area contributed by atoms with E-state index in [1.807, 2.05) is 32.0 Å². The van der Waals surface area contributed by atoms with Gasteiger partial charge in [-0.25, -0.2) is 4.79 Å². The number of halogens is 4. The lowest BCUT2D eigenvalue weighted by atomic mass is 10.0. The molecule has 0 bridgehead atoms. The van der Waals surface area contributed by atoms with E-state index in [9.17, 15) is 19.2 Å². The average Bonchev–Trinajstić information content (AvgIpc) is 3.09. The molecule has 1 aliphatic rings. The van der Waals surface area contributed by atoms with Crippen molar-refractivity contribution in [3.63, 3.8) is 0 Å². The van der Waals surface area contributed by atoms with Crippen molar-refractivity contribution in [1.29, 1.82) is 0 Å². The summed E-state index contributed by atoms with van der Waals surface area (Å²) in [5.74, 6) is -3.26. The van der Waals surface area contributed by atoms with Crippen LogP contribution < -0.4 is 5.32 Å². The molecule has 0 aromatic heterocycles. The van der Waals surface area contributed by atoms with Crippen LogP contribution in [0.1, 0.15) is 52.6 Å². The summed E-state index contributed by atoms with van der Waals surface area (Å²) < 4.78 is 5.09. The van der Waals surface area contributed by atoms with E-state index in [-0.39, 0.29) is 31.2 Å². The van der Waals surface area contributed by atoms with Crippen LogP contribution in [0.2, 0.25) is 20.1 Å². The third-order valence-electron chi connectivity index (χ3n) is 5.47. The summed E-state index contributed by atoms with van der Waals surface area (Å²) in [6, 6.07) is 4.36. The fourth-order valence-electron chi connectivity index (χ4n) is 3.66. The zero-order valence-corrected chi connectivity index (χ0v) is 21.5. The van der Waals surface area contributed by atoms with Crippen LogP contribution >= 0.6 is 46.4 Å². The molecule has 1 N–H and O–H groups in total. The van der Waals surface area contributed by atoms with Crippen LogP contribution in [0.15, 0.2) is 18.2 Å². The molecule has 0 spiro atoms. The summed E-state index contributed by atoms with van der Waals surface area (Å²) in [6.45, 7) is 4.61. The number of carbonyl (C=O) groups is 4. The molecule has 3 amide bonds. The number of imide groups is 1. The Bertz CT molecular complexity index is 1150. The van der Waals surface area contributed by atoms with Crippen molar-refractivity contribution in [3.05, 3.63) is 60.5 Å². The van der Waals surface area contributed by atoms with Crippen molar-refractivity contribution in [2.75, 3.05) is 11.9 Å². The van der Waals surface area contributed by atoms with E-state index in [1.54, 1.807) is 0 Å². The molecule has 34 heavy (non-hydrogen) atoms. The molecule has 0 radical (unpaired) electrons. The van der Waals surface area contributed by atoms with Crippen molar-refractivity contribution in [2.45, 2.75) is 39.7 Å². The highest BCUT2D eigenvalue weighted by Gasteiger charge is 2.45. The highest BCUT2D eigenvalue weighted by Crippen LogP contribution is 2.45. The maximum atomic E-state index is 12.9. The second kappa shape index (κ2) is 10.5. The summed E-state index contributed by atoms with van der Waals surface area (Å²) in [4.78, 5) is 51.5. The van der Waals surface area contributed by atoms with Crippen molar-refractivity contribution in [1.82, 2.24) is 4.90 Å². The Morgan fingerprint density at radius 1 is 0.912 bits per heavy atom. The number of aryl methyl sites for hydroxylation is 2. The van der Waals surface area contributed by atoms with Gasteiger partial charge >= 0.3 is 5.97 Å². The predicted octanol–water partition coefficient (Wildman–Crippen LogP) is 5.59. The monoisotopic (exact) mass is 544 g/mol. The van der Waals surface area contributed by atoms with Crippen molar-refractivity contribution < 1.29 is 23.9 Å². The van der Waals surface area contributed by atoms with Gasteiger partial charge < -0.3 is 10.1 Å². The lowest BCUT2D eigenvalue weighted by Gasteiger charge is -2.21. The molecule has 2 aromatic carbocycles. The summed E-state index contributed by atoms with van der Waals surface area (Å²) in [5, 5.41) is 1.93. The first-order valence-electron chi connectivity index (χ1n) is 10.4. The number of nitrogens with zero attached hydrogens (tertiary/aromatic N) is 1. The lowest BCUT2D eigenvalue weighted by Crippen LogP contribution is -2.44. The van der Waals surface area contributed by atoms with E-state index < -0.39 is 36.3 Å². The Morgan fingerprint density at radius 2 is 1.38 bits per heavy atom. The van der Waals surface area contributed by atoms with Gasteiger partial charge in [-0.3, -0.25) is 19.3 Å². The van der Waals surface area contributed by atoms with E-state index in [4.69, 9.17) is 51.1 Å².